The summed E-state index contributed by atoms with van der Waals surface area (Å²) in [7, 11) is -1.30. The van der Waals surface area contributed by atoms with E-state index in [2.05, 4.69) is 9.35 Å². The molecule has 0 aliphatic rings. The summed E-state index contributed by atoms with van der Waals surface area (Å²) in [6, 6.07) is 2.28. The van der Waals surface area contributed by atoms with Crippen molar-refractivity contribution in [2.75, 3.05) is 5.75 Å². The molecule has 1 aromatic heterocycles. The zero-order valence-electron chi connectivity index (χ0n) is 9.18. The number of halogens is 3. The van der Waals surface area contributed by atoms with E-state index in [9.17, 15) is 13.2 Å². The van der Waals surface area contributed by atoms with Crippen LogP contribution in [0.1, 0.15) is 17.7 Å². The molecule has 1 heterocycles. The van der Waals surface area contributed by atoms with Gasteiger partial charge in [0.2, 0.25) is 6.19 Å². The van der Waals surface area contributed by atoms with Gasteiger partial charge in [0.25, 0.3) is 0 Å². The van der Waals surface area contributed by atoms with Gasteiger partial charge in [-0.15, -0.1) is 4.36 Å². The number of hydrogen-bond donors (Lipinski definition) is 1. The van der Waals surface area contributed by atoms with E-state index >= 15 is 0 Å². The SMILES string of the molecule is N#CN=S(O)CCCc1ccc(C(F)(F)F)nc1. The highest BCUT2D eigenvalue weighted by Gasteiger charge is 2.31. The molecule has 1 N–H and O–H groups in total. The van der Waals surface area contributed by atoms with Gasteiger partial charge in [-0.2, -0.15) is 18.4 Å². The summed E-state index contributed by atoms with van der Waals surface area (Å²) in [4.78, 5) is 3.32. The molecule has 0 radical (unpaired) electrons. The lowest BCUT2D eigenvalue weighted by atomic mass is 10.1. The molecule has 0 amide bonds. The molecule has 1 rings (SSSR count). The number of hydrogen-bond acceptors (Lipinski definition) is 3. The minimum absolute atomic E-state index is 0.314. The van der Waals surface area contributed by atoms with Crippen molar-refractivity contribution in [2.45, 2.75) is 19.0 Å². The molecular weight excluding hydrogens is 267 g/mol. The third-order valence-electron chi connectivity index (χ3n) is 2.05. The van der Waals surface area contributed by atoms with Crippen LogP contribution in [0, 0.1) is 11.5 Å². The third-order valence-corrected chi connectivity index (χ3v) is 3.00. The Morgan fingerprint density at radius 2 is 2.17 bits per heavy atom. The van der Waals surface area contributed by atoms with Gasteiger partial charge in [-0.1, -0.05) is 6.07 Å². The van der Waals surface area contributed by atoms with Gasteiger partial charge in [0, 0.05) is 22.9 Å². The molecule has 0 bridgehead atoms. The highest BCUT2D eigenvalue weighted by molar-refractivity contribution is 7.81. The van der Waals surface area contributed by atoms with Crippen LogP contribution in [0.3, 0.4) is 0 Å². The van der Waals surface area contributed by atoms with Crippen molar-refractivity contribution < 1.29 is 17.7 Å². The Labute approximate surface area is 104 Å². The zero-order chi connectivity index (χ0) is 13.6. The molecule has 4 nitrogen and oxygen atoms in total. The average Bonchev–Trinajstić information content (AvgIpc) is 2.29. The predicted octanol–water partition coefficient (Wildman–Crippen LogP) is 2.79. The molecule has 8 heteroatoms. The molecule has 0 saturated heterocycles. The molecule has 18 heavy (non-hydrogen) atoms. The van der Waals surface area contributed by atoms with Crippen molar-refractivity contribution in [3.63, 3.8) is 0 Å². The fourth-order valence-electron chi connectivity index (χ4n) is 1.24. The topological polar surface area (TPSA) is 69.3 Å². The maximum Gasteiger partial charge on any atom is 0.433 e. The number of nitriles is 1. The van der Waals surface area contributed by atoms with Crippen molar-refractivity contribution in [3.05, 3.63) is 29.6 Å². The summed E-state index contributed by atoms with van der Waals surface area (Å²) in [5, 5.41) is 8.17. The Balaban J connectivity index is 2.50. The Hall–Kier alpha value is -1.46. The molecule has 1 aromatic rings. The van der Waals surface area contributed by atoms with Crippen molar-refractivity contribution in [3.8, 4) is 6.19 Å². The Kier molecular flexibility index (Phi) is 5.25. The molecule has 1 atom stereocenters. The lowest BCUT2D eigenvalue weighted by molar-refractivity contribution is -0.141. The van der Waals surface area contributed by atoms with E-state index in [0.717, 1.165) is 6.07 Å². The first-order chi connectivity index (χ1) is 8.43. The first-order valence-electron chi connectivity index (χ1n) is 4.95. The van der Waals surface area contributed by atoms with Crippen LogP contribution in [0.15, 0.2) is 22.7 Å². The van der Waals surface area contributed by atoms with E-state index in [-0.39, 0.29) is 0 Å². The van der Waals surface area contributed by atoms with Gasteiger partial charge in [-0.3, -0.25) is 4.98 Å². The van der Waals surface area contributed by atoms with E-state index < -0.39 is 22.8 Å². The second-order valence-corrected chi connectivity index (χ2v) is 4.66. The number of pyridine rings is 1. The molecule has 98 valence electrons. The van der Waals surface area contributed by atoms with Gasteiger partial charge in [-0.05, 0) is 24.5 Å². The summed E-state index contributed by atoms with van der Waals surface area (Å²) in [5.41, 5.74) is -0.274. The van der Waals surface area contributed by atoms with Crippen LogP contribution in [0.4, 0.5) is 13.2 Å². The average molecular weight is 277 g/mol. The third kappa shape index (κ3) is 4.81. The quantitative estimate of drug-likeness (QED) is 0.860. The zero-order valence-corrected chi connectivity index (χ0v) is 10.0. The number of aryl methyl sites for hydroxylation is 1. The standard InChI is InChI=1S/C10H10F3N3OS/c11-10(12,13)9-4-3-8(6-15-9)2-1-5-18(17)16-7-14/h3-4,6H,1-2,5H2,(H,16,17). The van der Waals surface area contributed by atoms with Gasteiger partial charge < -0.3 is 4.55 Å². The van der Waals surface area contributed by atoms with Crippen molar-refractivity contribution in [1.29, 1.82) is 5.26 Å². The fourth-order valence-corrected chi connectivity index (χ4v) is 1.83. The lowest BCUT2D eigenvalue weighted by Gasteiger charge is -2.06. The molecule has 0 saturated carbocycles. The molecule has 0 spiro atoms. The van der Waals surface area contributed by atoms with Crippen LogP contribution < -0.4 is 0 Å². The van der Waals surface area contributed by atoms with Crippen LogP contribution in [-0.4, -0.2) is 15.3 Å². The Bertz CT molecular complexity index is 465. The molecule has 0 aliphatic heterocycles. The van der Waals surface area contributed by atoms with Gasteiger partial charge in [0.15, 0.2) is 0 Å². The van der Waals surface area contributed by atoms with Gasteiger partial charge in [-0.25, -0.2) is 0 Å². The van der Waals surface area contributed by atoms with Gasteiger partial charge >= 0.3 is 6.18 Å². The minimum Gasteiger partial charge on any atom is -0.321 e. The van der Waals surface area contributed by atoms with E-state index in [1.54, 1.807) is 0 Å². The number of rotatable bonds is 4. The van der Waals surface area contributed by atoms with Crippen LogP contribution in [0.2, 0.25) is 0 Å². The van der Waals surface area contributed by atoms with Crippen molar-refractivity contribution in [2.24, 2.45) is 4.36 Å². The van der Waals surface area contributed by atoms with Crippen LogP contribution >= 0.6 is 0 Å². The Morgan fingerprint density at radius 3 is 2.67 bits per heavy atom. The van der Waals surface area contributed by atoms with Crippen molar-refractivity contribution >= 4 is 11.0 Å². The lowest BCUT2D eigenvalue weighted by Crippen LogP contribution is -2.07. The summed E-state index contributed by atoms with van der Waals surface area (Å²) >= 11 is 0. The molecule has 0 aliphatic carbocycles. The Morgan fingerprint density at radius 1 is 1.44 bits per heavy atom. The second-order valence-electron chi connectivity index (χ2n) is 3.39. The van der Waals surface area contributed by atoms with E-state index in [1.807, 2.05) is 0 Å². The normalized spacial score (nSPS) is 13.3. The van der Waals surface area contributed by atoms with E-state index in [1.165, 1.54) is 18.5 Å². The summed E-state index contributed by atoms with van der Waals surface area (Å²) in [6.07, 6.45) is -0.764. The minimum atomic E-state index is -4.43. The molecule has 1 unspecified atom stereocenters. The number of alkyl halides is 3. The first kappa shape index (κ1) is 14.6. The van der Waals surface area contributed by atoms with Crippen LogP contribution in [0.25, 0.3) is 0 Å². The van der Waals surface area contributed by atoms with Crippen LogP contribution in [-0.2, 0) is 23.6 Å². The summed E-state index contributed by atoms with van der Waals surface area (Å²) < 4.78 is 49.1. The van der Waals surface area contributed by atoms with E-state index in [0.29, 0.717) is 24.2 Å². The first-order valence-corrected chi connectivity index (χ1v) is 6.26. The maximum atomic E-state index is 12.2. The molecule has 0 aromatic carbocycles. The highest BCUT2D eigenvalue weighted by atomic mass is 32.2. The summed E-state index contributed by atoms with van der Waals surface area (Å²) in [6.45, 7) is 0. The highest BCUT2D eigenvalue weighted by Crippen LogP contribution is 2.27. The predicted molar refractivity (Wildman–Crippen MR) is 60.5 cm³/mol. The van der Waals surface area contributed by atoms with Gasteiger partial charge in [0.1, 0.15) is 5.69 Å². The smallest absolute Gasteiger partial charge is 0.321 e. The molecule has 0 fully saturated rings. The summed E-state index contributed by atoms with van der Waals surface area (Å²) in [5.74, 6) is 0.314. The van der Waals surface area contributed by atoms with Crippen LogP contribution in [0.5, 0.6) is 0 Å². The number of nitrogens with zero attached hydrogens (tertiary/aromatic N) is 3. The largest absolute Gasteiger partial charge is 0.433 e. The number of aromatic nitrogens is 1. The monoisotopic (exact) mass is 277 g/mol. The maximum absolute atomic E-state index is 12.2. The fraction of sp³-hybridized carbons (Fsp3) is 0.400. The molecular formula is C10H10F3N3OS. The van der Waals surface area contributed by atoms with Crippen molar-refractivity contribution in [1.82, 2.24) is 4.98 Å². The van der Waals surface area contributed by atoms with E-state index in [4.69, 9.17) is 9.81 Å². The second kappa shape index (κ2) is 6.47. The van der Waals surface area contributed by atoms with Gasteiger partial charge in [0.05, 0.1) is 0 Å².